The first-order valence-electron chi connectivity index (χ1n) is 5.56. The Kier molecular flexibility index (Phi) is 3.56. The van der Waals surface area contributed by atoms with Crippen molar-refractivity contribution in [3.8, 4) is 11.3 Å². The molecule has 1 aromatic heterocycles. The summed E-state index contributed by atoms with van der Waals surface area (Å²) in [6.07, 6.45) is -9.85. The van der Waals surface area contributed by atoms with Gasteiger partial charge < -0.3 is 4.98 Å². The van der Waals surface area contributed by atoms with E-state index < -0.39 is 29.0 Å². The van der Waals surface area contributed by atoms with Gasteiger partial charge in [-0.2, -0.15) is 26.3 Å². The average Bonchev–Trinajstić information content (AvgIpc) is 2.36. The quantitative estimate of drug-likeness (QED) is 0.791. The first-order valence-corrected chi connectivity index (χ1v) is 5.56. The SMILES string of the molecule is O=c1cccc(-c2cc(C(F)(F)F)cc(C(F)(F)F)c2)[nH]1. The number of benzene rings is 1. The van der Waals surface area contributed by atoms with Crippen molar-refractivity contribution in [2.24, 2.45) is 0 Å². The lowest BCUT2D eigenvalue weighted by molar-refractivity contribution is -0.143. The fraction of sp³-hybridized carbons (Fsp3) is 0.154. The Labute approximate surface area is 114 Å². The van der Waals surface area contributed by atoms with Crippen molar-refractivity contribution in [1.29, 1.82) is 0 Å². The van der Waals surface area contributed by atoms with Crippen LogP contribution < -0.4 is 5.56 Å². The molecular weight excluding hydrogens is 300 g/mol. The first kappa shape index (κ1) is 15.1. The molecule has 0 amide bonds. The van der Waals surface area contributed by atoms with Crippen LogP contribution in [0.4, 0.5) is 26.3 Å². The van der Waals surface area contributed by atoms with Crippen LogP contribution in [0.25, 0.3) is 11.3 Å². The molecule has 0 atom stereocenters. The molecule has 0 spiro atoms. The highest BCUT2D eigenvalue weighted by Gasteiger charge is 2.37. The summed E-state index contributed by atoms with van der Waals surface area (Å²) in [4.78, 5) is 13.3. The fourth-order valence-corrected chi connectivity index (χ4v) is 1.73. The number of rotatable bonds is 1. The van der Waals surface area contributed by atoms with Gasteiger partial charge in [0.2, 0.25) is 5.56 Å². The second-order valence-corrected chi connectivity index (χ2v) is 4.22. The molecule has 0 aliphatic heterocycles. The van der Waals surface area contributed by atoms with Crippen molar-refractivity contribution in [2.45, 2.75) is 12.4 Å². The largest absolute Gasteiger partial charge is 0.416 e. The summed E-state index contributed by atoms with van der Waals surface area (Å²) in [6.45, 7) is 0. The van der Waals surface area contributed by atoms with Gasteiger partial charge in [-0.15, -0.1) is 0 Å². The molecule has 8 heteroatoms. The highest BCUT2D eigenvalue weighted by molar-refractivity contribution is 5.61. The maximum atomic E-state index is 12.7. The lowest BCUT2D eigenvalue weighted by Crippen LogP contribution is -2.12. The minimum absolute atomic E-state index is 0.0323. The second kappa shape index (κ2) is 4.94. The van der Waals surface area contributed by atoms with E-state index in [1.807, 2.05) is 0 Å². The molecule has 112 valence electrons. The monoisotopic (exact) mass is 307 g/mol. The van der Waals surface area contributed by atoms with Crippen LogP contribution in [0, 0.1) is 0 Å². The maximum Gasteiger partial charge on any atom is 0.416 e. The van der Waals surface area contributed by atoms with Gasteiger partial charge in [0, 0.05) is 11.8 Å². The van der Waals surface area contributed by atoms with Crippen molar-refractivity contribution in [2.75, 3.05) is 0 Å². The van der Waals surface area contributed by atoms with Crippen LogP contribution in [0.2, 0.25) is 0 Å². The summed E-state index contributed by atoms with van der Waals surface area (Å²) in [5, 5.41) is 0. The van der Waals surface area contributed by atoms with E-state index in [0.717, 1.165) is 6.07 Å². The Morgan fingerprint density at radius 1 is 0.810 bits per heavy atom. The minimum atomic E-state index is -4.93. The molecule has 0 unspecified atom stereocenters. The van der Waals surface area contributed by atoms with Gasteiger partial charge in [0.1, 0.15) is 0 Å². The average molecular weight is 307 g/mol. The number of H-pyrrole nitrogens is 1. The Balaban J connectivity index is 2.69. The maximum absolute atomic E-state index is 12.7. The molecule has 0 radical (unpaired) electrons. The van der Waals surface area contributed by atoms with Crippen LogP contribution >= 0.6 is 0 Å². The number of nitrogens with one attached hydrogen (secondary N) is 1. The zero-order valence-electron chi connectivity index (χ0n) is 10.1. The standard InChI is InChI=1S/C13H7F6NO/c14-12(15,16)8-4-7(5-9(6-8)13(17,18)19)10-2-1-3-11(21)20-10/h1-6H,(H,20,21). The number of alkyl halides is 6. The third-order valence-corrected chi connectivity index (χ3v) is 2.67. The first-order chi connectivity index (χ1) is 9.57. The molecule has 0 saturated carbocycles. The molecule has 2 nitrogen and oxygen atoms in total. The number of hydrogen-bond acceptors (Lipinski definition) is 1. The number of aromatic nitrogens is 1. The van der Waals surface area contributed by atoms with E-state index in [1.165, 1.54) is 12.1 Å². The predicted molar refractivity (Wildman–Crippen MR) is 62.5 cm³/mol. The van der Waals surface area contributed by atoms with Gasteiger partial charge in [0.15, 0.2) is 0 Å². The second-order valence-electron chi connectivity index (χ2n) is 4.22. The van der Waals surface area contributed by atoms with Gasteiger partial charge in [-0.3, -0.25) is 4.79 Å². The lowest BCUT2D eigenvalue weighted by Gasteiger charge is -2.14. The van der Waals surface area contributed by atoms with E-state index >= 15 is 0 Å². The molecule has 1 N–H and O–H groups in total. The predicted octanol–water partition coefficient (Wildman–Crippen LogP) is 4.08. The molecule has 0 saturated heterocycles. The number of halogens is 6. The van der Waals surface area contributed by atoms with E-state index in [-0.39, 0.29) is 17.3 Å². The van der Waals surface area contributed by atoms with Crippen LogP contribution in [-0.4, -0.2) is 4.98 Å². The Morgan fingerprint density at radius 3 is 1.76 bits per heavy atom. The highest BCUT2D eigenvalue weighted by Crippen LogP contribution is 2.38. The molecule has 1 aromatic carbocycles. The van der Waals surface area contributed by atoms with Gasteiger partial charge in [-0.05, 0) is 29.8 Å². The number of hydrogen-bond donors (Lipinski definition) is 1. The van der Waals surface area contributed by atoms with Crippen LogP contribution in [-0.2, 0) is 12.4 Å². The third-order valence-electron chi connectivity index (χ3n) is 2.67. The van der Waals surface area contributed by atoms with E-state index in [9.17, 15) is 31.1 Å². The Bertz CT molecular complexity index is 681. The van der Waals surface area contributed by atoms with Gasteiger partial charge in [-0.1, -0.05) is 6.07 Å². The van der Waals surface area contributed by atoms with Gasteiger partial charge in [-0.25, -0.2) is 0 Å². The molecule has 2 rings (SSSR count). The zero-order chi connectivity index (χ0) is 15.8. The van der Waals surface area contributed by atoms with Crippen LogP contribution in [0.15, 0.2) is 41.2 Å². The smallest absolute Gasteiger partial charge is 0.322 e. The molecular formula is C13H7F6NO. The normalized spacial score (nSPS) is 12.5. The highest BCUT2D eigenvalue weighted by atomic mass is 19.4. The molecule has 2 aromatic rings. The van der Waals surface area contributed by atoms with E-state index in [1.54, 1.807) is 0 Å². The van der Waals surface area contributed by atoms with Crippen molar-refractivity contribution < 1.29 is 26.3 Å². The van der Waals surface area contributed by atoms with Gasteiger partial charge in [0.25, 0.3) is 0 Å². The molecule has 0 bridgehead atoms. The molecule has 0 aliphatic rings. The fourth-order valence-electron chi connectivity index (χ4n) is 1.73. The van der Waals surface area contributed by atoms with Gasteiger partial charge in [0.05, 0.1) is 11.1 Å². The number of pyridine rings is 1. The van der Waals surface area contributed by atoms with Crippen molar-refractivity contribution in [3.05, 3.63) is 57.9 Å². The topological polar surface area (TPSA) is 32.9 Å². The summed E-state index contributed by atoms with van der Waals surface area (Å²) >= 11 is 0. The Hall–Kier alpha value is -2.25. The minimum Gasteiger partial charge on any atom is -0.322 e. The summed E-state index contributed by atoms with van der Waals surface area (Å²) in [6, 6.07) is 4.70. The Morgan fingerprint density at radius 2 is 1.33 bits per heavy atom. The van der Waals surface area contributed by atoms with E-state index in [2.05, 4.69) is 4.98 Å². The van der Waals surface area contributed by atoms with Crippen molar-refractivity contribution in [3.63, 3.8) is 0 Å². The van der Waals surface area contributed by atoms with E-state index in [0.29, 0.717) is 12.1 Å². The molecule has 0 aliphatic carbocycles. The molecule has 21 heavy (non-hydrogen) atoms. The number of aromatic amines is 1. The van der Waals surface area contributed by atoms with Crippen molar-refractivity contribution >= 4 is 0 Å². The van der Waals surface area contributed by atoms with Crippen LogP contribution in [0.3, 0.4) is 0 Å². The summed E-state index contributed by atoms with van der Waals surface area (Å²) < 4.78 is 76.2. The van der Waals surface area contributed by atoms with E-state index in [4.69, 9.17) is 0 Å². The van der Waals surface area contributed by atoms with Gasteiger partial charge >= 0.3 is 12.4 Å². The van der Waals surface area contributed by atoms with Crippen LogP contribution in [0.1, 0.15) is 11.1 Å². The molecule has 1 heterocycles. The summed E-state index contributed by atoms with van der Waals surface area (Å²) in [5.41, 5.74) is -3.98. The summed E-state index contributed by atoms with van der Waals surface area (Å²) in [5.74, 6) is 0. The lowest BCUT2D eigenvalue weighted by atomic mass is 10.0. The van der Waals surface area contributed by atoms with Crippen LogP contribution in [0.5, 0.6) is 0 Å². The summed E-state index contributed by atoms with van der Waals surface area (Å²) in [7, 11) is 0. The zero-order valence-corrected chi connectivity index (χ0v) is 10.1. The third kappa shape index (κ3) is 3.45. The molecule has 0 fully saturated rings. The van der Waals surface area contributed by atoms with Crippen molar-refractivity contribution in [1.82, 2.24) is 4.98 Å².